The minimum Gasteiger partial charge on any atom is -0.375 e. The summed E-state index contributed by atoms with van der Waals surface area (Å²) >= 11 is 0. The third kappa shape index (κ3) is 2.55. The van der Waals surface area contributed by atoms with Gasteiger partial charge in [0.15, 0.2) is 0 Å². The lowest BCUT2D eigenvalue weighted by Gasteiger charge is -2.43. The summed E-state index contributed by atoms with van der Waals surface area (Å²) in [7, 11) is 0. The fourth-order valence-corrected chi connectivity index (χ4v) is 3.80. The smallest absolute Gasteiger partial charge is 0.0672 e. The number of rotatable bonds is 3. The average molecular weight is 260 g/mol. The predicted octanol–water partition coefficient (Wildman–Crippen LogP) is 2.01. The second-order valence-electron chi connectivity index (χ2n) is 6.19. The molecule has 3 atom stereocenters. The van der Waals surface area contributed by atoms with Crippen LogP contribution < -0.4 is 5.73 Å². The van der Waals surface area contributed by atoms with E-state index in [2.05, 4.69) is 42.2 Å². The van der Waals surface area contributed by atoms with Crippen LogP contribution in [0.25, 0.3) is 0 Å². The Morgan fingerprint density at radius 1 is 1.37 bits per heavy atom. The molecular formula is C16H24N2O. The number of hydrogen-bond acceptors (Lipinski definition) is 3. The molecule has 0 amide bonds. The van der Waals surface area contributed by atoms with Crippen molar-refractivity contribution in [1.29, 1.82) is 0 Å². The monoisotopic (exact) mass is 260 g/mol. The minimum absolute atomic E-state index is 0.187. The first-order valence-corrected chi connectivity index (χ1v) is 7.34. The van der Waals surface area contributed by atoms with Crippen molar-refractivity contribution in [3.8, 4) is 0 Å². The molecule has 0 radical (unpaired) electrons. The zero-order valence-corrected chi connectivity index (χ0v) is 11.7. The van der Waals surface area contributed by atoms with Crippen molar-refractivity contribution in [1.82, 2.24) is 4.90 Å². The van der Waals surface area contributed by atoms with Gasteiger partial charge in [0.25, 0.3) is 0 Å². The van der Waals surface area contributed by atoms with E-state index in [1.807, 2.05) is 0 Å². The summed E-state index contributed by atoms with van der Waals surface area (Å²) in [6, 6.07) is 10.7. The Hall–Kier alpha value is -0.900. The van der Waals surface area contributed by atoms with E-state index >= 15 is 0 Å². The molecule has 2 saturated heterocycles. The van der Waals surface area contributed by atoms with Gasteiger partial charge in [-0.25, -0.2) is 0 Å². The Bertz CT molecular complexity index is 422. The van der Waals surface area contributed by atoms with Crippen molar-refractivity contribution in [3.63, 3.8) is 0 Å². The fourth-order valence-electron chi connectivity index (χ4n) is 3.80. The molecule has 2 aliphatic heterocycles. The highest BCUT2D eigenvalue weighted by Gasteiger charge is 2.49. The van der Waals surface area contributed by atoms with Crippen LogP contribution in [0.2, 0.25) is 0 Å². The van der Waals surface area contributed by atoms with E-state index in [9.17, 15) is 0 Å². The summed E-state index contributed by atoms with van der Waals surface area (Å²) in [6.45, 7) is 6.15. The predicted molar refractivity (Wildman–Crippen MR) is 76.8 cm³/mol. The van der Waals surface area contributed by atoms with Crippen LogP contribution in [0.4, 0.5) is 0 Å². The van der Waals surface area contributed by atoms with Gasteiger partial charge in [-0.2, -0.15) is 0 Å². The highest BCUT2D eigenvalue weighted by molar-refractivity contribution is 5.15. The van der Waals surface area contributed by atoms with Crippen LogP contribution in [0.15, 0.2) is 30.3 Å². The summed E-state index contributed by atoms with van der Waals surface area (Å²) in [5, 5.41) is 0. The lowest BCUT2D eigenvalue weighted by atomic mass is 9.75. The highest BCUT2D eigenvalue weighted by atomic mass is 16.5. The molecule has 104 valence electrons. The van der Waals surface area contributed by atoms with E-state index in [1.165, 1.54) is 5.56 Å². The van der Waals surface area contributed by atoms with E-state index in [-0.39, 0.29) is 5.41 Å². The highest BCUT2D eigenvalue weighted by Crippen LogP contribution is 2.43. The maximum Gasteiger partial charge on any atom is 0.0672 e. The Morgan fingerprint density at radius 3 is 2.89 bits per heavy atom. The minimum atomic E-state index is 0.187. The SMILES string of the molecule is C[C@@H]1C[C@]2(CN)CN(Cc3ccccc3)CC[C@H]2O1. The molecule has 2 fully saturated rings. The quantitative estimate of drug-likeness (QED) is 0.903. The van der Waals surface area contributed by atoms with Crippen molar-refractivity contribution in [2.24, 2.45) is 11.1 Å². The van der Waals surface area contributed by atoms with Crippen molar-refractivity contribution >= 4 is 0 Å². The molecule has 3 rings (SSSR count). The Morgan fingerprint density at radius 2 is 2.16 bits per heavy atom. The van der Waals surface area contributed by atoms with E-state index in [1.54, 1.807) is 0 Å². The Labute approximate surface area is 115 Å². The number of likely N-dealkylation sites (tertiary alicyclic amines) is 1. The second kappa shape index (κ2) is 5.23. The normalized spacial score (nSPS) is 35.3. The molecule has 0 aliphatic carbocycles. The standard InChI is InChI=1S/C16H24N2O/c1-13-9-16(11-17)12-18(8-7-15(16)19-13)10-14-5-3-2-4-6-14/h2-6,13,15H,7-12,17H2,1H3/t13-,15-,16+/m1/s1. The van der Waals surface area contributed by atoms with Gasteiger partial charge in [0.05, 0.1) is 12.2 Å². The number of piperidine rings is 1. The largest absolute Gasteiger partial charge is 0.375 e. The fraction of sp³-hybridized carbons (Fsp3) is 0.625. The number of fused-ring (bicyclic) bond motifs is 1. The van der Waals surface area contributed by atoms with Crippen LogP contribution in [-0.2, 0) is 11.3 Å². The molecule has 3 nitrogen and oxygen atoms in total. The first-order chi connectivity index (χ1) is 9.22. The summed E-state index contributed by atoms with van der Waals surface area (Å²) in [6.07, 6.45) is 2.97. The molecule has 1 aromatic carbocycles. The molecule has 0 spiro atoms. The number of hydrogen-bond donors (Lipinski definition) is 1. The van der Waals surface area contributed by atoms with Crippen LogP contribution in [0.3, 0.4) is 0 Å². The Kier molecular flexibility index (Phi) is 3.61. The van der Waals surface area contributed by atoms with Crippen molar-refractivity contribution in [2.75, 3.05) is 19.6 Å². The number of benzene rings is 1. The molecular weight excluding hydrogens is 236 g/mol. The summed E-state index contributed by atoms with van der Waals surface area (Å²) in [4.78, 5) is 2.54. The first-order valence-electron chi connectivity index (χ1n) is 7.34. The average Bonchev–Trinajstić information content (AvgIpc) is 2.76. The topological polar surface area (TPSA) is 38.5 Å². The molecule has 19 heavy (non-hydrogen) atoms. The molecule has 0 unspecified atom stereocenters. The third-order valence-corrected chi connectivity index (χ3v) is 4.68. The summed E-state index contributed by atoms with van der Waals surface area (Å²) in [5.41, 5.74) is 7.67. The molecule has 3 heteroatoms. The van der Waals surface area contributed by atoms with Crippen LogP contribution >= 0.6 is 0 Å². The van der Waals surface area contributed by atoms with E-state index < -0.39 is 0 Å². The van der Waals surface area contributed by atoms with Gasteiger partial charge < -0.3 is 10.5 Å². The van der Waals surface area contributed by atoms with Crippen molar-refractivity contribution < 1.29 is 4.74 Å². The lowest BCUT2D eigenvalue weighted by Crippen LogP contribution is -2.52. The lowest BCUT2D eigenvalue weighted by molar-refractivity contribution is -0.0310. The number of ether oxygens (including phenoxy) is 1. The number of nitrogens with zero attached hydrogens (tertiary/aromatic N) is 1. The van der Waals surface area contributed by atoms with Crippen LogP contribution in [0, 0.1) is 5.41 Å². The van der Waals surface area contributed by atoms with Gasteiger partial charge in [-0.05, 0) is 25.3 Å². The molecule has 0 bridgehead atoms. The van der Waals surface area contributed by atoms with Crippen molar-refractivity contribution in [3.05, 3.63) is 35.9 Å². The zero-order chi connectivity index (χ0) is 13.3. The molecule has 2 heterocycles. The number of nitrogens with two attached hydrogens (primary N) is 1. The van der Waals surface area contributed by atoms with Gasteiger partial charge in [0.2, 0.25) is 0 Å². The van der Waals surface area contributed by atoms with Gasteiger partial charge in [-0.1, -0.05) is 30.3 Å². The van der Waals surface area contributed by atoms with Crippen LogP contribution in [0.1, 0.15) is 25.3 Å². The van der Waals surface area contributed by atoms with Gasteiger partial charge in [-0.15, -0.1) is 0 Å². The molecule has 1 aromatic rings. The van der Waals surface area contributed by atoms with Gasteiger partial charge >= 0.3 is 0 Å². The summed E-state index contributed by atoms with van der Waals surface area (Å²) in [5.74, 6) is 0. The molecule has 2 aliphatic rings. The maximum absolute atomic E-state index is 6.09. The van der Waals surface area contributed by atoms with E-state index in [0.717, 1.165) is 39.0 Å². The molecule has 0 aromatic heterocycles. The summed E-state index contributed by atoms with van der Waals surface area (Å²) < 4.78 is 6.05. The third-order valence-electron chi connectivity index (χ3n) is 4.68. The molecule has 2 N–H and O–H groups in total. The second-order valence-corrected chi connectivity index (χ2v) is 6.19. The van der Waals surface area contributed by atoms with Gasteiger partial charge in [0.1, 0.15) is 0 Å². The van der Waals surface area contributed by atoms with Gasteiger partial charge in [0, 0.05) is 31.6 Å². The van der Waals surface area contributed by atoms with E-state index in [0.29, 0.717) is 12.2 Å². The van der Waals surface area contributed by atoms with Crippen molar-refractivity contribution in [2.45, 2.75) is 38.5 Å². The molecule has 0 saturated carbocycles. The van der Waals surface area contributed by atoms with E-state index in [4.69, 9.17) is 10.5 Å². The maximum atomic E-state index is 6.09. The van der Waals surface area contributed by atoms with Crippen LogP contribution in [0.5, 0.6) is 0 Å². The Balaban J connectivity index is 1.70. The van der Waals surface area contributed by atoms with Crippen LogP contribution in [-0.4, -0.2) is 36.7 Å². The first kappa shape index (κ1) is 13.1. The van der Waals surface area contributed by atoms with Gasteiger partial charge in [-0.3, -0.25) is 4.90 Å². The zero-order valence-electron chi connectivity index (χ0n) is 11.7.